The molecule has 29 heavy (non-hydrogen) atoms. The van der Waals surface area contributed by atoms with Gasteiger partial charge in [0.2, 0.25) is 0 Å². The second-order valence-electron chi connectivity index (χ2n) is 7.50. The average molecular weight is 392 g/mol. The minimum Gasteiger partial charge on any atom is -0.489 e. The predicted molar refractivity (Wildman–Crippen MR) is 110 cm³/mol. The van der Waals surface area contributed by atoms with E-state index in [1.54, 1.807) is 42.5 Å². The number of nitrogens with one attached hydrogen (secondary N) is 1. The van der Waals surface area contributed by atoms with Crippen molar-refractivity contribution in [3.8, 4) is 11.8 Å². The van der Waals surface area contributed by atoms with E-state index in [0.29, 0.717) is 11.7 Å². The number of hydrogen-bond donors (Lipinski definition) is 1. The lowest BCUT2D eigenvalue weighted by molar-refractivity contribution is -0.118. The van der Waals surface area contributed by atoms with Gasteiger partial charge in [-0.25, -0.2) is 4.39 Å². The number of carbonyl (C=O) groups excluding carboxylic acids is 1. The Morgan fingerprint density at radius 1 is 1.24 bits per heavy atom. The molecule has 2 aromatic rings. The molecule has 0 bridgehead atoms. The largest absolute Gasteiger partial charge is 0.489 e. The third kappa shape index (κ3) is 5.92. The Labute approximate surface area is 171 Å². The van der Waals surface area contributed by atoms with Crippen LogP contribution in [0.3, 0.4) is 0 Å². The van der Waals surface area contributed by atoms with Crippen molar-refractivity contribution in [2.45, 2.75) is 45.3 Å². The average Bonchev–Trinajstić information content (AvgIpc) is 2.73. The number of amides is 1. The molecular weight excluding hydrogens is 367 g/mol. The standard InChI is InChI=1S/C24H25FN2O2/c1-17-5-2-3-8-23(17)27-24(28)20(15-26)13-18-9-11-22(12-10-18)29-16-19-6-4-7-21(25)14-19/h4,6-7,9-14,17,23H,2-3,5,8,16H2,1H3,(H,27,28)/b20-13+/t17-,23-/m0/s1. The molecule has 1 aliphatic rings. The van der Waals surface area contributed by atoms with Crippen molar-refractivity contribution in [1.82, 2.24) is 5.32 Å². The van der Waals surface area contributed by atoms with Crippen molar-refractivity contribution in [2.24, 2.45) is 5.92 Å². The van der Waals surface area contributed by atoms with Gasteiger partial charge in [-0.05, 0) is 60.2 Å². The summed E-state index contributed by atoms with van der Waals surface area (Å²) in [5, 5.41) is 12.4. The molecule has 0 aliphatic heterocycles. The molecule has 150 valence electrons. The minimum atomic E-state index is -0.322. The van der Waals surface area contributed by atoms with Gasteiger partial charge >= 0.3 is 0 Å². The Hall–Kier alpha value is -3.13. The van der Waals surface area contributed by atoms with Crippen LogP contribution in [-0.4, -0.2) is 11.9 Å². The van der Waals surface area contributed by atoms with Crippen LogP contribution in [0.15, 0.2) is 54.1 Å². The highest BCUT2D eigenvalue weighted by Crippen LogP contribution is 2.24. The Morgan fingerprint density at radius 2 is 2.00 bits per heavy atom. The quantitative estimate of drug-likeness (QED) is 0.555. The van der Waals surface area contributed by atoms with Crippen LogP contribution in [-0.2, 0) is 11.4 Å². The van der Waals surface area contributed by atoms with Crippen LogP contribution < -0.4 is 10.1 Å². The Morgan fingerprint density at radius 3 is 2.69 bits per heavy atom. The van der Waals surface area contributed by atoms with Gasteiger partial charge in [0.25, 0.3) is 5.91 Å². The fourth-order valence-electron chi connectivity index (χ4n) is 3.55. The van der Waals surface area contributed by atoms with E-state index in [-0.39, 0.29) is 29.9 Å². The fourth-order valence-corrected chi connectivity index (χ4v) is 3.55. The zero-order chi connectivity index (χ0) is 20.6. The topological polar surface area (TPSA) is 62.1 Å². The van der Waals surface area contributed by atoms with Gasteiger partial charge in [-0.3, -0.25) is 4.79 Å². The summed E-state index contributed by atoms with van der Waals surface area (Å²) in [5.74, 6) is 0.446. The Balaban J connectivity index is 1.60. The lowest BCUT2D eigenvalue weighted by Crippen LogP contribution is -2.41. The van der Waals surface area contributed by atoms with Gasteiger partial charge in [0.05, 0.1) is 0 Å². The zero-order valence-corrected chi connectivity index (χ0v) is 16.5. The molecule has 0 saturated heterocycles. The highest BCUT2D eigenvalue weighted by atomic mass is 19.1. The smallest absolute Gasteiger partial charge is 0.262 e. The maximum atomic E-state index is 13.2. The lowest BCUT2D eigenvalue weighted by Gasteiger charge is -2.29. The molecule has 1 fully saturated rings. The number of rotatable bonds is 6. The van der Waals surface area contributed by atoms with Gasteiger partial charge in [0.1, 0.15) is 29.8 Å². The molecule has 1 amide bonds. The lowest BCUT2D eigenvalue weighted by atomic mass is 9.86. The van der Waals surface area contributed by atoms with Crippen molar-refractivity contribution in [1.29, 1.82) is 5.26 Å². The van der Waals surface area contributed by atoms with Gasteiger partial charge in [0.15, 0.2) is 0 Å². The van der Waals surface area contributed by atoms with Gasteiger partial charge in [-0.1, -0.05) is 44.0 Å². The summed E-state index contributed by atoms with van der Waals surface area (Å²) >= 11 is 0. The van der Waals surface area contributed by atoms with Crippen LogP contribution in [0.5, 0.6) is 5.75 Å². The van der Waals surface area contributed by atoms with E-state index in [1.807, 2.05) is 6.07 Å². The van der Waals surface area contributed by atoms with Gasteiger partial charge in [0, 0.05) is 6.04 Å². The SMILES string of the molecule is C[C@H]1CCCC[C@@H]1NC(=O)/C(C#N)=C/c1ccc(OCc2cccc(F)c2)cc1. The molecule has 1 aliphatic carbocycles. The number of benzene rings is 2. The van der Waals surface area contributed by atoms with E-state index in [9.17, 15) is 14.4 Å². The van der Waals surface area contributed by atoms with E-state index in [2.05, 4.69) is 12.2 Å². The van der Waals surface area contributed by atoms with Crippen LogP contribution in [0, 0.1) is 23.1 Å². The third-order valence-electron chi connectivity index (χ3n) is 5.28. The molecule has 1 N–H and O–H groups in total. The monoisotopic (exact) mass is 392 g/mol. The first-order valence-electron chi connectivity index (χ1n) is 9.95. The fraction of sp³-hybridized carbons (Fsp3) is 0.333. The Kier molecular flexibility index (Phi) is 7.02. The van der Waals surface area contributed by atoms with Crippen LogP contribution in [0.4, 0.5) is 4.39 Å². The minimum absolute atomic E-state index is 0.0937. The number of hydrogen-bond acceptors (Lipinski definition) is 3. The molecule has 0 unspecified atom stereocenters. The van der Waals surface area contributed by atoms with Gasteiger partial charge < -0.3 is 10.1 Å². The molecule has 0 radical (unpaired) electrons. The molecule has 0 aromatic heterocycles. The third-order valence-corrected chi connectivity index (χ3v) is 5.28. The van der Waals surface area contributed by atoms with Crippen LogP contribution >= 0.6 is 0 Å². The first kappa shape index (κ1) is 20.6. The second-order valence-corrected chi connectivity index (χ2v) is 7.50. The van der Waals surface area contributed by atoms with Crippen molar-refractivity contribution >= 4 is 12.0 Å². The van der Waals surface area contributed by atoms with E-state index in [4.69, 9.17) is 4.74 Å². The highest BCUT2D eigenvalue weighted by Gasteiger charge is 2.24. The number of ether oxygens (including phenoxy) is 1. The molecule has 0 heterocycles. The van der Waals surface area contributed by atoms with Crippen LogP contribution in [0.2, 0.25) is 0 Å². The van der Waals surface area contributed by atoms with Gasteiger partial charge in [-0.2, -0.15) is 5.26 Å². The molecule has 2 atom stereocenters. The molecule has 1 saturated carbocycles. The Bertz CT molecular complexity index is 915. The molecule has 4 nitrogen and oxygen atoms in total. The first-order valence-corrected chi connectivity index (χ1v) is 9.95. The summed E-state index contributed by atoms with van der Waals surface area (Å²) in [6.45, 7) is 2.40. The summed E-state index contributed by atoms with van der Waals surface area (Å²) < 4.78 is 18.9. The van der Waals surface area contributed by atoms with Crippen LogP contribution in [0.1, 0.15) is 43.7 Å². The first-order chi connectivity index (χ1) is 14.0. The second kappa shape index (κ2) is 9.88. The molecule has 2 aromatic carbocycles. The maximum absolute atomic E-state index is 13.2. The number of carbonyl (C=O) groups is 1. The summed E-state index contributed by atoms with van der Waals surface area (Å²) in [4.78, 5) is 12.5. The molecule has 3 rings (SSSR count). The van der Waals surface area contributed by atoms with E-state index in [1.165, 1.54) is 18.6 Å². The van der Waals surface area contributed by atoms with Crippen molar-refractivity contribution in [3.05, 3.63) is 71.0 Å². The van der Waals surface area contributed by atoms with Crippen molar-refractivity contribution in [2.75, 3.05) is 0 Å². The zero-order valence-electron chi connectivity index (χ0n) is 16.5. The van der Waals surface area contributed by atoms with Crippen LogP contribution in [0.25, 0.3) is 6.08 Å². The molecular formula is C24H25FN2O2. The number of nitrogens with zero attached hydrogens (tertiary/aromatic N) is 1. The normalized spacial score (nSPS) is 19.3. The number of halogens is 1. The predicted octanol–water partition coefficient (Wildman–Crippen LogP) is 5.01. The number of nitriles is 1. The highest BCUT2D eigenvalue weighted by molar-refractivity contribution is 6.01. The van der Waals surface area contributed by atoms with Gasteiger partial charge in [-0.15, -0.1) is 0 Å². The summed E-state index contributed by atoms with van der Waals surface area (Å²) in [5.41, 5.74) is 1.58. The molecule has 5 heteroatoms. The summed E-state index contributed by atoms with van der Waals surface area (Å²) in [6, 6.07) is 15.5. The van der Waals surface area contributed by atoms with E-state index in [0.717, 1.165) is 30.4 Å². The summed E-state index contributed by atoms with van der Waals surface area (Å²) in [6.07, 6.45) is 5.95. The van der Waals surface area contributed by atoms with E-state index < -0.39 is 0 Å². The van der Waals surface area contributed by atoms with Crippen molar-refractivity contribution < 1.29 is 13.9 Å². The molecule has 0 spiro atoms. The summed E-state index contributed by atoms with van der Waals surface area (Å²) in [7, 11) is 0. The maximum Gasteiger partial charge on any atom is 0.262 e. The van der Waals surface area contributed by atoms with Crippen molar-refractivity contribution in [3.63, 3.8) is 0 Å². The van der Waals surface area contributed by atoms with E-state index >= 15 is 0 Å².